The summed E-state index contributed by atoms with van der Waals surface area (Å²) in [6.45, 7) is 2.78. The second-order valence-electron chi connectivity index (χ2n) is 8.83. The van der Waals surface area contributed by atoms with Crippen molar-refractivity contribution in [2.75, 3.05) is 43.6 Å². The zero-order valence-electron chi connectivity index (χ0n) is 19.5. The average Bonchev–Trinajstić information content (AvgIpc) is 3.67. The monoisotopic (exact) mass is 470 g/mol. The van der Waals surface area contributed by atoms with Crippen LogP contribution in [0.1, 0.15) is 29.2 Å². The second-order valence-corrected chi connectivity index (χ2v) is 8.83. The van der Waals surface area contributed by atoms with Gasteiger partial charge in [-0.05, 0) is 49.2 Å². The Morgan fingerprint density at radius 3 is 2.60 bits per heavy atom. The summed E-state index contributed by atoms with van der Waals surface area (Å²) in [6.07, 6.45) is 4.33. The Labute approximate surface area is 202 Å². The van der Waals surface area contributed by atoms with E-state index in [1.54, 1.807) is 12.1 Å². The molecule has 1 aliphatic heterocycles. The number of ether oxygens (including phenoxy) is 2. The Morgan fingerprint density at radius 2 is 1.86 bits per heavy atom. The molecule has 2 aromatic carbocycles. The highest BCUT2D eigenvalue weighted by molar-refractivity contribution is 5.90. The molecule has 4 aromatic rings. The number of rotatable bonds is 6. The van der Waals surface area contributed by atoms with Crippen LogP contribution in [0.3, 0.4) is 0 Å². The van der Waals surface area contributed by atoms with E-state index in [0.717, 1.165) is 40.9 Å². The number of esters is 1. The predicted octanol–water partition coefficient (Wildman–Crippen LogP) is 4.20. The predicted molar refractivity (Wildman–Crippen MR) is 133 cm³/mol. The van der Waals surface area contributed by atoms with E-state index in [0.29, 0.717) is 36.6 Å². The smallest absolute Gasteiger partial charge is 0.337 e. The van der Waals surface area contributed by atoms with Crippen LogP contribution in [-0.4, -0.2) is 59.1 Å². The lowest BCUT2D eigenvalue weighted by Gasteiger charge is -2.27. The molecule has 0 spiro atoms. The van der Waals surface area contributed by atoms with Gasteiger partial charge < -0.3 is 19.7 Å². The summed E-state index contributed by atoms with van der Waals surface area (Å²) in [5.41, 5.74) is 4.31. The minimum atomic E-state index is -0.365. The Bertz CT molecular complexity index is 1370. The first-order valence-electron chi connectivity index (χ1n) is 11.8. The number of nitrogens with zero attached hydrogens (tertiary/aromatic N) is 5. The molecule has 9 nitrogen and oxygen atoms in total. The molecule has 0 unspecified atom stereocenters. The summed E-state index contributed by atoms with van der Waals surface area (Å²) >= 11 is 0. The van der Waals surface area contributed by atoms with Crippen LogP contribution in [0.4, 0.5) is 17.5 Å². The number of nitrogens with one attached hydrogen (secondary N) is 1. The van der Waals surface area contributed by atoms with Gasteiger partial charge in [-0.2, -0.15) is 10.1 Å². The number of carbonyl (C=O) groups excluding carboxylic acids is 1. The van der Waals surface area contributed by atoms with Gasteiger partial charge in [0.2, 0.25) is 5.95 Å². The van der Waals surface area contributed by atoms with Gasteiger partial charge in [-0.1, -0.05) is 6.07 Å². The Morgan fingerprint density at radius 1 is 1.06 bits per heavy atom. The number of fused-ring (bicyclic) bond motifs is 1. The molecule has 2 aromatic heterocycles. The highest BCUT2D eigenvalue weighted by Crippen LogP contribution is 2.37. The summed E-state index contributed by atoms with van der Waals surface area (Å²) in [4.78, 5) is 23.6. The minimum absolute atomic E-state index is 0.365. The topological polar surface area (TPSA) is 94.4 Å². The van der Waals surface area contributed by atoms with Crippen LogP contribution in [0, 0.1) is 0 Å². The normalized spacial score (nSPS) is 15.9. The van der Waals surface area contributed by atoms with Crippen LogP contribution in [-0.2, 0) is 9.47 Å². The van der Waals surface area contributed by atoms with E-state index in [1.165, 1.54) is 20.0 Å². The van der Waals surface area contributed by atoms with Crippen LogP contribution in [0.25, 0.3) is 22.2 Å². The van der Waals surface area contributed by atoms with Crippen molar-refractivity contribution in [3.05, 3.63) is 60.3 Å². The zero-order valence-corrected chi connectivity index (χ0v) is 19.5. The lowest BCUT2D eigenvalue weighted by atomic mass is 10.1. The van der Waals surface area contributed by atoms with Crippen molar-refractivity contribution in [3.8, 4) is 11.3 Å². The van der Waals surface area contributed by atoms with Crippen molar-refractivity contribution < 1.29 is 14.3 Å². The Balaban J connectivity index is 1.35. The first-order chi connectivity index (χ1) is 17.2. The lowest BCUT2D eigenvalue weighted by molar-refractivity contribution is 0.0600. The minimum Gasteiger partial charge on any atom is -0.465 e. The second kappa shape index (κ2) is 8.99. The van der Waals surface area contributed by atoms with Crippen molar-refractivity contribution in [1.82, 2.24) is 19.7 Å². The molecule has 2 fully saturated rings. The maximum absolute atomic E-state index is 11.8. The molecule has 1 aliphatic carbocycles. The van der Waals surface area contributed by atoms with Crippen LogP contribution in [0.15, 0.2) is 54.7 Å². The molecular weight excluding hydrogens is 444 g/mol. The number of benzene rings is 2. The molecular formula is C26H26N6O3. The molecule has 0 atom stereocenters. The van der Waals surface area contributed by atoms with Gasteiger partial charge >= 0.3 is 5.97 Å². The van der Waals surface area contributed by atoms with Gasteiger partial charge in [-0.25, -0.2) is 9.78 Å². The molecule has 0 bridgehead atoms. The summed E-state index contributed by atoms with van der Waals surface area (Å²) in [5, 5.41) is 9.07. The fourth-order valence-corrected chi connectivity index (χ4v) is 4.33. The molecule has 9 heteroatoms. The number of aromatic nitrogens is 4. The fourth-order valence-electron chi connectivity index (χ4n) is 4.33. The van der Waals surface area contributed by atoms with Crippen LogP contribution >= 0.6 is 0 Å². The lowest BCUT2D eigenvalue weighted by Crippen LogP contribution is -2.37. The Hall–Kier alpha value is -3.98. The van der Waals surface area contributed by atoms with Crippen molar-refractivity contribution in [2.45, 2.75) is 18.9 Å². The first kappa shape index (κ1) is 21.5. The third-order valence-corrected chi connectivity index (χ3v) is 6.37. The van der Waals surface area contributed by atoms with E-state index in [9.17, 15) is 4.79 Å². The van der Waals surface area contributed by atoms with Gasteiger partial charge in [0.15, 0.2) is 0 Å². The van der Waals surface area contributed by atoms with Gasteiger partial charge in [0.1, 0.15) is 5.82 Å². The third-order valence-electron chi connectivity index (χ3n) is 6.37. The molecule has 1 saturated heterocycles. The largest absolute Gasteiger partial charge is 0.465 e. The first-order valence-corrected chi connectivity index (χ1v) is 11.8. The average molecular weight is 471 g/mol. The van der Waals surface area contributed by atoms with Gasteiger partial charge in [-0.3, -0.25) is 4.68 Å². The van der Waals surface area contributed by atoms with Gasteiger partial charge in [-0.15, -0.1) is 0 Å². The van der Waals surface area contributed by atoms with E-state index >= 15 is 0 Å². The van der Waals surface area contributed by atoms with Crippen LogP contribution in [0.5, 0.6) is 0 Å². The molecule has 1 saturated carbocycles. The number of hydrogen-bond donors (Lipinski definition) is 1. The van der Waals surface area contributed by atoms with Gasteiger partial charge in [0.05, 0.1) is 49.3 Å². The molecule has 178 valence electrons. The van der Waals surface area contributed by atoms with E-state index < -0.39 is 0 Å². The summed E-state index contributed by atoms with van der Waals surface area (Å²) < 4.78 is 12.4. The summed E-state index contributed by atoms with van der Waals surface area (Å²) in [6, 6.07) is 16.0. The van der Waals surface area contributed by atoms with Gasteiger partial charge in [0.25, 0.3) is 0 Å². The van der Waals surface area contributed by atoms with Crippen molar-refractivity contribution in [1.29, 1.82) is 0 Å². The van der Waals surface area contributed by atoms with Crippen LogP contribution < -0.4 is 10.2 Å². The maximum atomic E-state index is 11.8. The number of morpholine rings is 1. The Kier molecular flexibility index (Phi) is 5.54. The van der Waals surface area contributed by atoms with E-state index in [2.05, 4.69) is 38.2 Å². The SMILES string of the molecule is COC(=O)c1ccc(Nc2cc(-c3ccc4c(cnn4C4CC4)c3)nc(N3CCOCC3)n2)cc1. The molecule has 2 aliphatic rings. The molecule has 3 heterocycles. The molecule has 0 amide bonds. The molecule has 6 rings (SSSR count). The standard InChI is InChI=1S/C26H26N6O3/c1-34-25(33)17-2-5-20(6-3-17)28-24-15-22(29-26(30-24)31-10-12-35-13-11-31)18-4-9-23-19(14-18)16-27-32(23)21-7-8-21/h2-6,9,14-16,21H,7-8,10-13H2,1H3,(H,28,29,30). The molecule has 1 N–H and O–H groups in total. The molecule has 35 heavy (non-hydrogen) atoms. The van der Waals surface area contributed by atoms with Crippen molar-refractivity contribution >= 4 is 34.3 Å². The number of carbonyl (C=O) groups is 1. The summed E-state index contributed by atoms with van der Waals surface area (Å²) in [7, 11) is 1.37. The van der Waals surface area contributed by atoms with Crippen LogP contribution in [0.2, 0.25) is 0 Å². The number of methoxy groups -OCH3 is 1. The number of hydrogen-bond acceptors (Lipinski definition) is 8. The molecule has 0 radical (unpaired) electrons. The van der Waals surface area contributed by atoms with E-state index in [-0.39, 0.29) is 5.97 Å². The maximum Gasteiger partial charge on any atom is 0.337 e. The van der Waals surface area contributed by atoms with Gasteiger partial charge in [0, 0.05) is 35.8 Å². The van der Waals surface area contributed by atoms with E-state index in [4.69, 9.17) is 19.4 Å². The quantitative estimate of drug-likeness (QED) is 0.419. The van der Waals surface area contributed by atoms with Crippen molar-refractivity contribution in [3.63, 3.8) is 0 Å². The van der Waals surface area contributed by atoms with E-state index in [1.807, 2.05) is 24.4 Å². The highest BCUT2D eigenvalue weighted by atomic mass is 16.5. The highest BCUT2D eigenvalue weighted by Gasteiger charge is 2.26. The summed E-state index contributed by atoms with van der Waals surface area (Å²) in [5.74, 6) is 0.972. The third kappa shape index (κ3) is 4.42. The van der Waals surface area contributed by atoms with Crippen molar-refractivity contribution in [2.24, 2.45) is 0 Å². The fraction of sp³-hybridized carbons (Fsp3) is 0.308. The zero-order chi connectivity index (χ0) is 23.8. The number of anilines is 3.